The van der Waals surface area contributed by atoms with Crippen molar-refractivity contribution in [1.29, 1.82) is 0 Å². The molecule has 3 heterocycles. The lowest BCUT2D eigenvalue weighted by molar-refractivity contribution is -0.131. The Hall–Kier alpha value is -4.26. The summed E-state index contributed by atoms with van der Waals surface area (Å²) in [5.74, 6) is -1.38. The van der Waals surface area contributed by atoms with Gasteiger partial charge >= 0.3 is 5.97 Å². The minimum atomic E-state index is -1.32. The highest BCUT2D eigenvalue weighted by Gasteiger charge is 2.29. The first kappa shape index (κ1) is 26.0. The summed E-state index contributed by atoms with van der Waals surface area (Å²) in [6, 6.07) is 12.4. The number of pyridine rings is 1. The third-order valence-corrected chi connectivity index (χ3v) is 8.15. The van der Waals surface area contributed by atoms with Gasteiger partial charge in [0.15, 0.2) is 0 Å². The van der Waals surface area contributed by atoms with Crippen molar-refractivity contribution >= 4 is 40.2 Å². The summed E-state index contributed by atoms with van der Waals surface area (Å²) in [5.41, 5.74) is 0.682. The molecule has 0 radical (unpaired) electrons. The average molecular weight is 564 g/mol. The van der Waals surface area contributed by atoms with Gasteiger partial charge in [0.1, 0.15) is 11.4 Å². The number of aromatic carboxylic acids is 1. The number of benzene rings is 2. The summed E-state index contributed by atoms with van der Waals surface area (Å²) < 4.78 is 18.7. The summed E-state index contributed by atoms with van der Waals surface area (Å²) in [4.78, 5) is 40.9. The van der Waals surface area contributed by atoms with Crippen molar-refractivity contribution in [3.8, 4) is 5.69 Å². The number of halogens is 1. The normalized spacial score (nSPS) is 15.5. The summed E-state index contributed by atoms with van der Waals surface area (Å²) in [5, 5.41) is 22.0. The molecule has 2 aliphatic rings. The Morgan fingerprint density at radius 1 is 1.07 bits per heavy atom. The van der Waals surface area contributed by atoms with Crippen molar-refractivity contribution in [3.63, 3.8) is 0 Å². The quantitative estimate of drug-likeness (QED) is 0.322. The van der Waals surface area contributed by atoms with Crippen LogP contribution in [0.3, 0.4) is 0 Å². The van der Waals surface area contributed by atoms with Gasteiger partial charge in [-0.25, -0.2) is 9.18 Å². The van der Waals surface area contributed by atoms with Gasteiger partial charge in [0, 0.05) is 56.0 Å². The fourth-order valence-corrected chi connectivity index (χ4v) is 5.81. The number of thioether (sulfide) groups is 1. The van der Waals surface area contributed by atoms with Crippen LogP contribution in [0.15, 0.2) is 58.6 Å². The molecule has 1 saturated heterocycles. The monoisotopic (exact) mass is 563 g/mol. The van der Waals surface area contributed by atoms with Crippen LogP contribution in [0.4, 0.5) is 10.1 Å². The number of carboxylic acid groups (broad SMARTS) is 1. The van der Waals surface area contributed by atoms with Crippen LogP contribution in [0.25, 0.3) is 16.6 Å². The predicted molar refractivity (Wildman–Crippen MR) is 147 cm³/mol. The molecule has 6 rings (SSSR count). The summed E-state index contributed by atoms with van der Waals surface area (Å²) >= 11 is 1.41. The Labute approximate surface area is 232 Å². The van der Waals surface area contributed by atoms with E-state index in [0.717, 1.165) is 24.6 Å². The maximum absolute atomic E-state index is 15.2. The molecule has 1 amide bonds. The highest BCUT2D eigenvalue weighted by molar-refractivity contribution is 7.99. The van der Waals surface area contributed by atoms with Crippen molar-refractivity contribution in [2.75, 3.05) is 36.8 Å². The largest absolute Gasteiger partial charge is 0.477 e. The van der Waals surface area contributed by atoms with Gasteiger partial charge in [0.05, 0.1) is 16.9 Å². The molecule has 13 heteroatoms. The average Bonchev–Trinajstić information content (AvgIpc) is 3.70. The minimum absolute atomic E-state index is 0.00800. The molecule has 0 spiro atoms. The van der Waals surface area contributed by atoms with Crippen molar-refractivity contribution in [2.24, 2.45) is 0 Å². The van der Waals surface area contributed by atoms with E-state index in [9.17, 15) is 19.5 Å². The lowest BCUT2D eigenvalue weighted by Crippen LogP contribution is -2.49. The van der Waals surface area contributed by atoms with E-state index in [2.05, 4.69) is 15.5 Å². The van der Waals surface area contributed by atoms with Gasteiger partial charge in [-0.1, -0.05) is 30.0 Å². The van der Waals surface area contributed by atoms with E-state index in [-0.39, 0.29) is 22.9 Å². The van der Waals surface area contributed by atoms with Crippen molar-refractivity contribution < 1.29 is 19.1 Å². The number of rotatable bonds is 8. The summed E-state index contributed by atoms with van der Waals surface area (Å²) in [7, 11) is 0. The molecule has 1 saturated carbocycles. The van der Waals surface area contributed by atoms with E-state index in [1.165, 1.54) is 18.0 Å². The van der Waals surface area contributed by atoms with Crippen molar-refractivity contribution in [3.05, 3.63) is 70.3 Å². The Morgan fingerprint density at radius 2 is 1.82 bits per heavy atom. The number of carboxylic acids is 1. The molecule has 1 aliphatic heterocycles. The molecule has 206 valence electrons. The zero-order chi connectivity index (χ0) is 27.8. The fraction of sp³-hybridized carbons (Fsp3) is 0.333. The highest BCUT2D eigenvalue weighted by atomic mass is 32.2. The van der Waals surface area contributed by atoms with Crippen LogP contribution in [0.1, 0.15) is 35.7 Å². The van der Waals surface area contributed by atoms with Crippen LogP contribution in [0.5, 0.6) is 0 Å². The Kier molecular flexibility index (Phi) is 6.96. The molecule has 0 bridgehead atoms. The molecule has 4 aromatic rings. The van der Waals surface area contributed by atoms with Crippen LogP contribution >= 0.6 is 11.8 Å². The number of nitrogens with zero attached hydrogens (tertiary/aromatic N) is 7. The molecule has 1 aliphatic carbocycles. The molecule has 11 nitrogen and oxygen atoms in total. The predicted octanol–water partition coefficient (Wildman–Crippen LogP) is 2.98. The van der Waals surface area contributed by atoms with Gasteiger partial charge in [-0.05, 0) is 47.5 Å². The highest BCUT2D eigenvalue weighted by Crippen LogP contribution is 2.38. The number of hydrogen-bond acceptors (Lipinski definition) is 8. The minimum Gasteiger partial charge on any atom is -0.477 e. The number of aromatic nitrogens is 5. The maximum Gasteiger partial charge on any atom is 0.341 e. The standard InChI is InChI=1S/C27H26FN7O4S/c28-21-14-19-22(34(17-6-7-17)16-20(25(19)37)26(38)39)15-23(21)32-9-11-33(12-10-32)24(36)8-13-40-27-29-30-31-35(27)18-4-2-1-3-5-18/h1-5,14-17H,6-13H2,(H,38,39). The van der Waals surface area contributed by atoms with E-state index in [1.54, 1.807) is 20.2 Å². The number of para-hydroxylation sites is 1. The van der Waals surface area contributed by atoms with E-state index in [1.807, 2.05) is 35.2 Å². The number of tetrazole rings is 1. The number of amides is 1. The first-order valence-electron chi connectivity index (χ1n) is 13.0. The van der Waals surface area contributed by atoms with Crippen LogP contribution in [-0.2, 0) is 4.79 Å². The van der Waals surface area contributed by atoms with E-state index in [0.29, 0.717) is 54.7 Å². The second-order valence-electron chi connectivity index (χ2n) is 9.81. The summed E-state index contributed by atoms with van der Waals surface area (Å²) in [6.07, 6.45) is 3.45. The first-order valence-corrected chi connectivity index (χ1v) is 14.0. The van der Waals surface area contributed by atoms with Gasteiger partial charge in [0.2, 0.25) is 16.5 Å². The number of piperazine rings is 1. The Bertz CT molecular complexity index is 1650. The smallest absolute Gasteiger partial charge is 0.341 e. The fourth-order valence-electron chi connectivity index (χ4n) is 4.99. The molecule has 40 heavy (non-hydrogen) atoms. The topological polar surface area (TPSA) is 126 Å². The van der Waals surface area contributed by atoms with Crippen molar-refractivity contribution in [2.45, 2.75) is 30.5 Å². The molecule has 2 aromatic heterocycles. The van der Waals surface area contributed by atoms with Gasteiger partial charge in [0.25, 0.3) is 0 Å². The van der Waals surface area contributed by atoms with Crippen LogP contribution in [0.2, 0.25) is 0 Å². The zero-order valence-corrected chi connectivity index (χ0v) is 22.3. The molecule has 1 N–H and O–H groups in total. The first-order chi connectivity index (χ1) is 19.4. The molecule has 2 fully saturated rings. The third-order valence-electron chi connectivity index (χ3n) is 7.23. The van der Waals surface area contributed by atoms with Gasteiger partial charge in [-0.15, -0.1) is 5.10 Å². The second-order valence-corrected chi connectivity index (χ2v) is 10.9. The Morgan fingerprint density at radius 3 is 2.52 bits per heavy atom. The zero-order valence-electron chi connectivity index (χ0n) is 21.4. The van der Waals surface area contributed by atoms with Gasteiger partial charge in [-0.3, -0.25) is 9.59 Å². The van der Waals surface area contributed by atoms with E-state index < -0.39 is 17.2 Å². The van der Waals surface area contributed by atoms with Crippen LogP contribution in [0, 0.1) is 5.82 Å². The SMILES string of the molecule is O=C(O)c1cn(C2CC2)c2cc(N3CCN(C(=O)CCSc4nnnn4-c4ccccc4)CC3)c(F)cc2c1=O. The number of carbonyl (C=O) groups is 2. The van der Waals surface area contributed by atoms with E-state index >= 15 is 4.39 Å². The molecule has 2 aromatic carbocycles. The number of anilines is 1. The molecule has 0 unspecified atom stereocenters. The number of hydrogen-bond donors (Lipinski definition) is 1. The molecular weight excluding hydrogens is 537 g/mol. The van der Waals surface area contributed by atoms with Crippen molar-refractivity contribution in [1.82, 2.24) is 29.7 Å². The van der Waals surface area contributed by atoms with E-state index in [4.69, 9.17) is 0 Å². The third kappa shape index (κ3) is 5.04. The Balaban J connectivity index is 1.10. The van der Waals surface area contributed by atoms with Gasteiger partial charge < -0.3 is 19.5 Å². The van der Waals surface area contributed by atoms with Crippen LogP contribution in [-0.4, -0.2) is 78.6 Å². The van der Waals surface area contributed by atoms with Crippen LogP contribution < -0.4 is 10.3 Å². The molecule has 0 atom stereocenters. The lowest BCUT2D eigenvalue weighted by Gasteiger charge is -2.36. The summed E-state index contributed by atoms with van der Waals surface area (Å²) in [6.45, 7) is 1.76. The lowest BCUT2D eigenvalue weighted by atomic mass is 10.1. The number of fused-ring (bicyclic) bond motifs is 1. The molecular formula is C27H26FN7O4S. The second kappa shape index (κ2) is 10.7. The maximum atomic E-state index is 15.2. The van der Waals surface area contributed by atoms with Gasteiger partial charge in [-0.2, -0.15) is 4.68 Å². The number of carbonyl (C=O) groups excluding carboxylic acids is 1.